The molecule has 306 valence electrons. The van der Waals surface area contributed by atoms with Gasteiger partial charge in [0.05, 0.1) is 24.8 Å². The fraction of sp³-hybridized carbons (Fsp3) is 0.500. The van der Waals surface area contributed by atoms with Crippen LogP contribution in [0.1, 0.15) is 69.5 Å². The number of Topliss-reactive ketones (excluding diaryl/α,β-unsaturated/α-hetero) is 1. The number of aryl methyl sites for hydroxylation is 1. The lowest BCUT2D eigenvalue weighted by atomic mass is 9.92. The summed E-state index contributed by atoms with van der Waals surface area (Å²) in [5.74, 6) is -1.80. The van der Waals surface area contributed by atoms with E-state index < -0.39 is 65.5 Å². The summed E-state index contributed by atoms with van der Waals surface area (Å²) in [4.78, 5) is 83.7. The first-order valence-corrected chi connectivity index (χ1v) is 19.4. The lowest BCUT2D eigenvalue weighted by Gasteiger charge is -2.33. The predicted molar refractivity (Wildman–Crippen MR) is 208 cm³/mol. The number of amides is 5. The molecule has 0 saturated carbocycles. The van der Waals surface area contributed by atoms with Crippen molar-refractivity contribution >= 4 is 35.5 Å². The van der Waals surface area contributed by atoms with E-state index in [9.17, 15) is 28.8 Å². The van der Waals surface area contributed by atoms with E-state index in [2.05, 4.69) is 21.1 Å². The van der Waals surface area contributed by atoms with Crippen molar-refractivity contribution in [2.45, 2.75) is 109 Å². The maximum atomic E-state index is 14.3. The molecule has 0 bridgehead atoms. The van der Waals surface area contributed by atoms with Gasteiger partial charge in [-0.15, -0.1) is 0 Å². The maximum absolute atomic E-state index is 14.3. The second-order valence-electron chi connectivity index (χ2n) is 15.7. The zero-order chi connectivity index (χ0) is 41.3. The molecule has 2 aromatic carbocycles. The predicted octanol–water partition coefficient (Wildman–Crippen LogP) is 3.14. The van der Waals surface area contributed by atoms with Crippen molar-refractivity contribution < 1.29 is 42.8 Å². The van der Waals surface area contributed by atoms with Gasteiger partial charge in [-0.25, -0.2) is 4.79 Å². The highest BCUT2D eigenvalue weighted by atomic mass is 16.6. The molecule has 2 fully saturated rings. The molecular formula is C42H54N6O9. The Morgan fingerprint density at radius 2 is 1.61 bits per heavy atom. The lowest BCUT2D eigenvalue weighted by molar-refractivity contribution is -0.142. The van der Waals surface area contributed by atoms with Gasteiger partial charge >= 0.3 is 6.09 Å². The van der Waals surface area contributed by atoms with Crippen molar-refractivity contribution in [1.29, 1.82) is 0 Å². The van der Waals surface area contributed by atoms with E-state index in [1.807, 2.05) is 81.4 Å². The Kier molecular flexibility index (Phi) is 14.2. The number of ketones is 1. The summed E-state index contributed by atoms with van der Waals surface area (Å²) in [6.07, 6.45) is 0.746. The third-order valence-electron chi connectivity index (χ3n) is 10.1. The zero-order valence-electron chi connectivity index (χ0n) is 33.5. The van der Waals surface area contributed by atoms with Gasteiger partial charge in [0.1, 0.15) is 23.7 Å². The molecule has 2 aliphatic heterocycles. The fourth-order valence-electron chi connectivity index (χ4n) is 6.95. The molecule has 2 aliphatic rings. The van der Waals surface area contributed by atoms with Crippen LogP contribution in [0.5, 0.6) is 0 Å². The van der Waals surface area contributed by atoms with Gasteiger partial charge in [0.15, 0.2) is 18.2 Å². The molecule has 3 heterocycles. The quantitative estimate of drug-likeness (QED) is 0.152. The molecule has 0 radical (unpaired) electrons. The summed E-state index contributed by atoms with van der Waals surface area (Å²) in [5.41, 5.74) is 1.12. The van der Waals surface area contributed by atoms with Crippen molar-refractivity contribution in [1.82, 2.24) is 30.9 Å². The van der Waals surface area contributed by atoms with Crippen LogP contribution in [0.25, 0.3) is 0 Å². The molecule has 15 heteroatoms. The Morgan fingerprint density at radius 3 is 2.23 bits per heavy atom. The molecule has 0 spiro atoms. The van der Waals surface area contributed by atoms with Crippen LogP contribution in [0.3, 0.4) is 0 Å². The molecule has 2 saturated heterocycles. The molecule has 5 amide bonds. The van der Waals surface area contributed by atoms with E-state index in [1.165, 1.54) is 15.9 Å². The standard InChI is InChI=1S/C42H54N6O9/c1-26(2)19-33(37(50)42(4)25-56-42)44-39(52)35(21-29-15-11-8-12-16-29)48-27(3)20-34(40(48)53)45-38(51)32(18-17-28-13-9-7-10-14-28)43-36(49)23-30-22-31(57-46-30)24-55-41(54)47(5)6/h7-16,22,26-27,32-35H,17-21,23-25H2,1-6H3,(H,43,49)(H,44,52)(H,45,51). The number of rotatable bonds is 19. The smallest absolute Gasteiger partial charge is 0.409 e. The second-order valence-corrected chi connectivity index (χ2v) is 15.7. The highest BCUT2D eigenvalue weighted by molar-refractivity contribution is 5.99. The van der Waals surface area contributed by atoms with Crippen LogP contribution in [-0.4, -0.2) is 107 Å². The minimum Gasteiger partial charge on any atom is -0.441 e. The van der Waals surface area contributed by atoms with E-state index in [0.29, 0.717) is 12.8 Å². The number of nitrogens with one attached hydrogen (secondary N) is 3. The number of benzene rings is 2. The summed E-state index contributed by atoms with van der Waals surface area (Å²) >= 11 is 0. The van der Waals surface area contributed by atoms with Gasteiger partial charge in [0.2, 0.25) is 23.6 Å². The van der Waals surface area contributed by atoms with Gasteiger partial charge in [0, 0.05) is 32.6 Å². The van der Waals surface area contributed by atoms with Crippen LogP contribution in [0, 0.1) is 5.92 Å². The summed E-state index contributed by atoms with van der Waals surface area (Å²) in [6.45, 7) is 7.60. The van der Waals surface area contributed by atoms with Gasteiger partial charge in [0.25, 0.3) is 0 Å². The number of carbonyl (C=O) groups is 6. The molecule has 15 nitrogen and oxygen atoms in total. The van der Waals surface area contributed by atoms with Crippen molar-refractivity contribution in [2.75, 3.05) is 20.7 Å². The van der Waals surface area contributed by atoms with Crippen molar-refractivity contribution in [3.63, 3.8) is 0 Å². The summed E-state index contributed by atoms with van der Waals surface area (Å²) in [6, 6.07) is 16.1. The average molecular weight is 787 g/mol. The lowest BCUT2D eigenvalue weighted by Crippen LogP contribution is -2.57. The molecule has 6 atom stereocenters. The number of hydrogen-bond acceptors (Lipinski definition) is 10. The zero-order valence-corrected chi connectivity index (χ0v) is 33.5. The van der Waals surface area contributed by atoms with Gasteiger partial charge in [-0.1, -0.05) is 79.7 Å². The number of carbonyl (C=O) groups excluding carboxylic acids is 6. The molecule has 3 aromatic rings. The average Bonchev–Trinajstić information content (AvgIpc) is 3.67. The van der Waals surface area contributed by atoms with Gasteiger partial charge in [-0.3, -0.25) is 24.0 Å². The highest BCUT2D eigenvalue weighted by Gasteiger charge is 2.51. The van der Waals surface area contributed by atoms with Crippen LogP contribution in [-0.2, 0) is 59.3 Å². The second kappa shape index (κ2) is 19.0. The number of likely N-dealkylation sites (tertiary alicyclic amines) is 1. The number of epoxide rings is 1. The van der Waals surface area contributed by atoms with Crippen molar-refractivity contribution in [3.8, 4) is 0 Å². The summed E-state index contributed by atoms with van der Waals surface area (Å²) in [7, 11) is 3.09. The van der Waals surface area contributed by atoms with Crippen LogP contribution >= 0.6 is 0 Å². The molecular weight excluding hydrogens is 732 g/mol. The van der Waals surface area contributed by atoms with Crippen LogP contribution in [0.2, 0.25) is 0 Å². The Morgan fingerprint density at radius 1 is 0.965 bits per heavy atom. The molecule has 1 aromatic heterocycles. The van der Waals surface area contributed by atoms with Crippen molar-refractivity contribution in [3.05, 3.63) is 89.3 Å². The van der Waals surface area contributed by atoms with Crippen LogP contribution in [0.15, 0.2) is 71.3 Å². The third-order valence-corrected chi connectivity index (χ3v) is 10.1. The van der Waals surface area contributed by atoms with E-state index in [-0.39, 0.29) is 62.1 Å². The minimum absolute atomic E-state index is 0.101. The topological polar surface area (TPSA) is 193 Å². The van der Waals surface area contributed by atoms with Crippen molar-refractivity contribution in [2.24, 2.45) is 5.92 Å². The van der Waals surface area contributed by atoms with Gasteiger partial charge in [-0.2, -0.15) is 0 Å². The molecule has 0 aliphatic carbocycles. The van der Waals surface area contributed by atoms with E-state index in [0.717, 1.165) is 11.1 Å². The maximum Gasteiger partial charge on any atom is 0.409 e. The van der Waals surface area contributed by atoms with Crippen LogP contribution < -0.4 is 16.0 Å². The molecule has 6 unspecified atom stereocenters. The number of nitrogens with zero attached hydrogens (tertiary/aromatic N) is 3. The molecule has 3 N–H and O–H groups in total. The SMILES string of the molecule is CC(C)CC(NC(=O)C(Cc1ccccc1)N1C(=O)C(NC(=O)C(CCc2ccccc2)NC(=O)Cc2cc(COC(=O)N(C)C)on2)CC1C)C(=O)C1(C)CO1. The first-order chi connectivity index (χ1) is 27.1. The van der Waals surface area contributed by atoms with E-state index in [1.54, 1.807) is 21.0 Å². The highest BCUT2D eigenvalue weighted by Crippen LogP contribution is 2.30. The first kappa shape index (κ1) is 42.6. The summed E-state index contributed by atoms with van der Waals surface area (Å²) < 4.78 is 15.7. The Bertz CT molecular complexity index is 1880. The Hall–Kier alpha value is -5.57. The summed E-state index contributed by atoms with van der Waals surface area (Å²) in [5, 5.41) is 12.5. The third kappa shape index (κ3) is 11.7. The van der Waals surface area contributed by atoms with Gasteiger partial charge < -0.3 is 39.7 Å². The largest absolute Gasteiger partial charge is 0.441 e. The molecule has 5 rings (SSSR count). The fourth-order valence-corrected chi connectivity index (χ4v) is 6.95. The number of hydrogen-bond donors (Lipinski definition) is 3. The number of ether oxygens (including phenoxy) is 2. The normalized spacial score (nSPS) is 20.3. The minimum atomic E-state index is -1.01. The molecule has 57 heavy (non-hydrogen) atoms. The van der Waals surface area contributed by atoms with Crippen LogP contribution in [0.4, 0.5) is 4.79 Å². The Balaban J connectivity index is 1.30. The van der Waals surface area contributed by atoms with Gasteiger partial charge in [-0.05, 0) is 56.6 Å². The van der Waals surface area contributed by atoms with E-state index >= 15 is 0 Å². The number of aromatic nitrogens is 1. The Labute approximate surface area is 333 Å². The van der Waals surface area contributed by atoms with E-state index in [4.69, 9.17) is 14.0 Å². The first-order valence-electron chi connectivity index (χ1n) is 19.4. The monoisotopic (exact) mass is 786 g/mol.